The molecule has 4 heteroatoms. The molecule has 0 amide bonds. The van der Waals surface area contributed by atoms with E-state index in [-0.39, 0.29) is 5.54 Å². The van der Waals surface area contributed by atoms with Crippen LogP contribution in [-0.4, -0.2) is 32.0 Å². The number of rotatable bonds is 8. The van der Waals surface area contributed by atoms with Crippen LogP contribution in [-0.2, 0) is 0 Å². The van der Waals surface area contributed by atoms with E-state index in [2.05, 4.69) is 64.3 Å². The zero-order valence-corrected chi connectivity index (χ0v) is 14.9. The van der Waals surface area contributed by atoms with Crippen LogP contribution < -0.4 is 11.2 Å². The van der Waals surface area contributed by atoms with E-state index in [0.29, 0.717) is 0 Å². The van der Waals surface area contributed by atoms with E-state index in [1.807, 2.05) is 12.1 Å². The SMILES string of the molecule is BC1=CC=C(CN(N)/C(=C\CCC)C(C)(CC)NC)CC=C1. The fourth-order valence-corrected chi connectivity index (χ4v) is 2.62. The number of hydrogen-bond donors (Lipinski definition) is 2. The minimum absolute atomic E-state index is 0.0865. The summed E-state index contributed by atoms with van der Waals surface area (Å²) >= 11 is 0. The quantitative estimate of drug-likeness (QED) is 0.411. The van der Waals surface area contributed by atoms with E-state index < -0.39 is 0 Å². The Morgan fingerprint density at radius 1 is 1.45 bits per heavy atom. The first-order valence-electron chi connectivity index (χ1n) is 8.41. The Balaban J connectivity index is 2.93. The number of likely N-dealkylation sites (N-methyl/N-ethyl adjacent to an activating group) is 1. The van der Waals surface area contributed by atoms with Crippen LogP contribution in [0.5, 0.6) is 0 Å². The van der Waals surface area contributed by atoms with Crippen molar-refractivity contribution in [1.82, 2.24) is 10.3 Å². The maximum Gasteiger partial charge on any atom is 0.139 e. The summed E-state index contributed by atoms with van der Waals surface area (Å²) in [5.41, 5.74) is 3.73. The molecule has 0 heterocycles. The molecule has 122 valence electrons. The average Bonchev–Trinajstić information content (AvgIpc) is 2.72. The molecule has 0 radical (unpaired) electrons. The van der Waals surface area contributed by atoms with Gasteiger partial charge >= 0.3 is 0 Å². The standard InChI is InChI=1S/C18H32BN3/c1-5-7-11-17(18(3,6-2)21-4)22(20)14-15-9-8-10-16(19)13-12-15/h8,10-13,21H,5-7,9,14,19-20H2,1-4H3/b17-11-. The van der Waals surface area contributed by atoms with Gasteiger partial charge < -0.3 is 10.3 Å². The monoisotopic (exact) mass is 301 g/mol. The molecule has 0 aromatic rings. The number of hydrazine groups is 1. The van der Waals surface area contributed by atoms with Gasteiger partial charge in [0.05, 0.1) is 12.1 Å². The van der Waals surface area contributed by atoms with Crippen molar-refractivity contribution in [3.63, 3.8) is 0 Å². The van der Waals surface area contributed by atoms with Crippen molar-refractivity contribution in [2.75, 3.05) is 13.6 Å². The van der Waals surface area contributed by atoms with Gasteiger partial charge in [0.1, 0.15) is 7.85 Å². The van der Waals surface area contributed by atoms with Gasteiger partial charge in [-0.15, -0.1) is 0 Å². The van der Waals surface area contributed by atoms with Gasteiger partial charge in [-0.3, -0.25) is 0 Å². The van der Waals surface area contributed by atoms with Gasteiger partial charge in [-0.05, 0) is 38.8 Å². The molecule has 0 spiro atoms. The summed E-state index contributed by atoms with van der Waals surface area (Å²) in [4.78, 5) is 0. The van der Waals surface area contributed by atoms with E-state index in [4.69, 9.17) is 5.84 Å². The van der Waals surface area contributed by atoms with Crippen LogP contribution in [0.2, 0.25) is 0 Å². The highest BCUT2D eigenvalue weighted by Gasteiger charge is 2.28. The summed E-state index contributed by atoms with van der Waals surface area (Å²) < 4.78 is 0. The van der Waals surface area contributed by atoms with E-state index in [9.17, 15) is 0 Å². The lowest BCUT2D eigenvalue weighted by Gasteiger charge is -2.37. The molecule has 0 bridgehead atoms. The highest BCUT2D eigenvalue weighted by molar-refractivity contribution is 6.23. The summed E-state index contributed by atoms with van der Waals surface area (Å²) in [7, 11) is 4.13. The largest absolute Gasteiger partial charge is 0.309 e. The Hall–Kier alpha value is -1.26. The summed E-state index contributed by atoms with van der Waals surface area (Å²) in [6.07, 6.45) is 15.2. The minimum atomic E-state index is -0.0865. The third kappa shape index (κ3) is 5.18. The topological polar surface area (TPSA) is 41.3 Å². The Morgan fingerprint density at radius 3 is 2.77 bits per heavy atom. The lowest BCUT2D eigenvalue weighted by molar-refractivity contribution is 0.280. The van der Waals surface area contributed by atoms with Crippen LogP contribution in [0.15, 0.2) is 47.1 Å². The molecule has 0 saturated carbocycles. The van der Waals surface area contributed by atoms with Crippen molar-refractivity contribution in [2.24, 2.45) is 5.84 Å². The first-order chi connectivity index (χ1) is 10.5. The van der Waals surface area contributed by atoms with Gasteiger partial charge in [0.2, 0.25) is 0 Å². The molecule has 1 aliphatic rings. The van der Waals surface area contributed by atoms with Gasteiger partial charge in [-0.25, -0.2) is 5.84 Å². The van der Waals surface area contributed by atoms with Crippen molar-refractivity contribution in [1.29, 1.82) is 0 Å². The molecule has 1 rings (SSSR count). The van der Waals surface area contributed by atoms with Gasteiger partial charge in [-0.2, -0.15) is 0 Å². The summed E-state index contributed by atoms with van der Waals surface area (Å²) in [5, 5.41) is 5.36. The Labute approximate surface area is 137 Å². The number of nitrogens with zero attached hydrogens (tertiary/aromatic N) is 1. The van der Waals surface area contributed by atoms with Crippen LogP contribution in [0.4, 0.5) is 0 Å². The number of allylic oxidation sites excluding steroid dienone is 6. The maximum absolute atomic E-state index is 6.45. The number of nitrogens with one attached hydrogen (secondary N) is 1. The van der Waals surface area contributed by atoms with Crippen LogP contribution in [0.3, 0.4) is 0 Å². The maximum atomic E-state index is 6.45. The second-order valence-electron chi connectivity index (χ2n) is 6.28. The van der Waals surface area contributed by atoms with Crippen molar-refractivity contribution >= 4 is 7.85 Å². The predicted molar refractivity (Wildman–Crippen MR) is 100 cm³/mol. The Bertz CT molecular complexity index is 471. The molecule has 3 N–H and O–H groups in total. The van der Waals surface area contributed by atoms with Gasteiger partial charge in [0.25, 0.3) is 0 Å². The normalized spacial score (nSPS) is 18.3. The van der Waals surface area contributed by atoms with E-state index in [1.165, 1.54) is 16.7 Å². The summed E-state index contributed by atoms with van der Waals surface area (Å²) in [6, 6.07) is 0. The van der Waals surface area contributed by atoms with Crippen LogP contribution in [0.25, 0.3) is 0 Å². The van der Waals surface area contributed by atoms with E-state index in [0.717, 1.165) is 32.2 Å². The second kappa shape index (κ2) is 9.01. The molecule has 1 aliphatic carbocycles. The molecule has 0 aromatic carbocycles. The number of unbranched alkanes of at least 4 members (excludes halogenated alkanes) is 1. The number of hydrogen-bond acceptors (Lipinski definition) is 3. The van der Waals surface area contributed by atoms with Gasteiger partial charge in [-0.1, -0.05) is 56.1 Å². The Morgan fingerprint density at radius 2 is 2.18 bits per heavy atom. The lowest BCUT2D eigenvalue weighted by atomic mass is 9.92. The van der Waals surface area contributed by atoms with Crippen molar-refractivity contribution in [3.05, 3.63) is 47.1 Å². The molecule has 1 atom stereocenters. The zero-order valence-electron chi connectivity index (χ0n) is 14.9. The summed E-state index contributed by atoms with van der Waals surface area (Å²) in [6.45, 7) is 7.38. The van der Waals surface area contributed by atoms with Gasteiger partial charge in [0, 0.05) is 5.70 Å². The third-order valence-electron chi connectivity index (χ3n) is 4.48. The molecular weight excluding hydrogens is 269 g/mol. The Kier molecular flexibility index (Phi) is 7.70. The van der Waals surface area contributed by atoms with Gasteiger partial charge in [0.15, 0.2) is 0 Å². The van der Waals surface area contributed by atoms with Crippen LogP contribution in [0, 0.1) is 0 Å². The third-order valence-corrected chi connectivity index (χ3v) is 4.48. The smallest absolute Gasteiger partial charge is 0.139 e. The number of nitrogens with two attached hydrogens (primary N) is 1. The first kappa shape index (κ1) is 18.8. The molecule has 1 unspecified atom stereocenters. The second-order valence-corrected chi connectivity index (χ2v) is 6.28. The molecule has 0 saturated heterocycles. The highest BCUT2D eigenvalue weighted by atomic mass is 15.4. The fraction of sp³-hybridized carbons (Fsp3) is 0.556. The minimum Gasteiger partial charge on any atom is -0.309 e. The van der Waals surface area contributed by atoms with Crippen LogP contribution >= 0.6 is 0 Å². The van der Waals surface area contributed by atoms with Crippen molar-refractivity contribution < 1.29 is 0 Å². The zero-order chi connectivity index (χ0) is 16.6. The van der Waals surface area contributed by atoms with E-state index in [1.54, 1.807) is 0 Å². The molecule has 22 heavy (non-hydrogen) atoms. The predicted octanol–water partition coefficient (Wildman–Crippen LogP) is 2.64. The molecule has 0 aliphatic heterocycles. The fourth-order valence-electron chi connectivity index (χ4n) is 2.62. The van der Waals surface area contributed by atoms with Crippen LogP contribution in [0.1, 0.15) is 46.5 Å². The van der Waals surface area contributed by atoms with Crippen molar-refractivity contribution in [2.45, 2.75) is 52.0 Å². The average molecular weight is 301 g/mol. The highest BCUT2D eigenvalue weighted by Crippen LogP contribution is 2.24. The van der Waals surface area contributed by atoms with Crippen molar-refractivity contribution in [3.8, 4) is 0 Å². The first-order valence-corrected chi connectivity index (χ1v) is 8.41. The molecule has 3 nitrogen and oxygen atoms in total. The molecular formula is C18H32BN3. The molecule has 0 aromatic heterocycles. The van der Waals surface area contributed by atoms with E-state index >= 15 is 0 Å². The lowest BCUT2D eigenvalue weighted by Crippen LogP contribution is -2.50. The summed E-state index contributed by atoms with van der Waals surface area (Å²) in [5.74, 6) is 6.45. The molecule has 0 fully saturated rings.